The molecule has 41 heavy (non-hydrogen) atoms. The molecule has 0 spiro atoms. The lowest BCUT2D eigenvalue weighted by atomic mass is 9.98. The third-order valence-corrected chi connectivity index (χ3v) is 7.47. The number of amides is 1. The van der Waals surface area contributed by atoms with Gasteiger partial charge in [0.1, 0.15) is 17.5 Å². The van der Waals surface area contributed by atoms with Gasteiger partial charge in [0.2, 0.25) is 0 Å². The molecular weight excluding hydrogens is 559 g/mol. The number of rotatable bonds is 8. The summed E-state index contributed by atoms with van der Waals surface area (Å²) in [7, 11) is -5.88. The number of para-hydroxylation sites is 1. The number of halogens is 3. The highest BCUT2D eigenvalue weighted by Crippen LogP contribution is 2.37. The third-order valence-electron chi connectivity index (χ3n) is 6.51. The standard InChI is InChI=1S/C30H32F3NO6S/c1-20(23-16-9-12-21-11-5-6-14-24(21)23)34(28(35)39-29(2,3)4)18-10-13-22-19-27(40-41(36,37)30(31,32)33)25-15-7-8-17-26(25)38-22/h5-9,11-12,14-17,19-20,22H,10,13,18H2,1-4H3/t20-,22+/m1/s1. The van der Waals surface area contributed by atoms with Crippen LogP contribution in [0.5, 0.6) is 5.75 Å². The van der Waals surface area contributed by atoms with Crippen molar-refractivity contribution >= 4 is 32.7 Å². The number of hydrogen-bond acceptors (Lipinski definition) is 6. The Hall–Kier alpha value is -3.73. The van der Waals surface area contributed by atoms with Crippen LogP contribution in [0.1, 0.15) is 57.7 Å². The van der Waals surface area contributed by atoms with Crippen molar-refractivity contribution in [3.63, 3.8) is 0 Å². The number of carbonyl (C=O) groups excluding carboxylic acids is 1. The average Bonchev–Trinajstić information content (AvgIpc) is 2.88. The van der Waals surface area contributed by atoms with E-state index in [-0.39, 0.29) is 30.3 Å². The highest BCUT2D eigenvalue weighted by Gasteiger charge is 2.49. The molecule has 0 aromatic heterocycles. The highest BCUT2D eigenvalue weighted by atomic mass is 32.2. The van der Waals surface area contributed by atoms with Crippen molar-refractivity contribution in [2.75, 3.05) is 6.54 Å². The van der Waals surface area contributed by atoms with Crippen molar-refractivity contribution in [1.29, 1.82) is 0 Å². The summed E-state index contributed by atoms with van der Waals surface area (Å²) in [6, 6.07) is 19.5. The zero-order chi connectivity index (χ0) is 30.0. The predicted molar refractivity (Wildman–Crippen MR) is 149 cm³/mol. The molecule has 0 fully saturated rings. The molecule has 0 aliphatic carbocycles. The lowest BCUT2D eigenvalue weighted by molar-refractivity contribution is -0.0510. The minimum atomic E-state index is -5.88. The highest BCUT2D eigenvalue weighted by molar-refractivity contribution is 7.87. The fourth-order valence-corrected chi connectivity index (χ4v) is 5.09. The van der Waals surface area contributed by atoms with Crippen LogP contribution >= 0.6 is 0 Å². The van der Waals surface area contributed by atoms with E-state index in [4.69, 9.17) is 9.47 Å². The molecule has 0 saturated carbocycles. The molecule has 0 bridgehead atoms. The number of nitrogens with zero attached hydrogens (tertiary/aromatic N) is 1. The zero-order valence-electron chi connectivity index (χ0n) is 23.1. The molecule has 1 aliphatic heterocycles. The van der Waals surface area contributed by atoms with Gasteiger partial charge in [-0.1, -0.05) is 54.6 Å². The second-order valence-corrected chi connectivity index (χ2v) is 12.3. The van der Waals surface area contributed by atoms with E-state index in [9.17, 15) is 26.4 Å². The molecule has 2 atom stereocenters. The van der Waals surface area contributed by atoms with Crippen molar-refractivity contribution in [1.82, 2.24) is 4.90 Å². The van der Waals surface area contributed by atoms with Crippen molar-refractivity contribution in [3.05, 3.63) is 83.9 Å². The Morgan fingerprint density at radius 3 is 2.37 bits per heavy atom. The molecule has 7 nitrogen and oxygen atoms in total. The Morgan fingerprint density at radius 2 is 1.66 bits per heavy atom. The lowest BCUT2D eigenvalue weighted by Gasteiger charge is -2.33. The van der Waals surface area contributed by atoms with Gasteiger partial charge in [0.05, 0.1) is 11.6 Å². The van der Waals surface area contributed by atoms with E-state index < -0.39 is 39.2 Å². The minimum absolute atomic E-state index is 0.0940. The van der Waals surface area contributed by atoms with Crippen molar-refractivity contribution in [3.8, 4) is 5.75 Å². The first-order valence-electron chi connectivity index (χ1n) is 13.1. The van der Waals surface area contributed by atoms with E-state index in [1.54, 1.807) is 31.7 Å². The monoisotopic (exact) mass is 591 g/mol. The summed E-state index contributed by atoms with van der Waals surface area (Å²) in [5, 5.41) is 2.03. The van der Waals surface area contributed by atoms with Gasteiger partial charge in [0.25, 0.3) is 0 Å². The Morgan fingerprint density at radius 1 is 1.00 bits per heavy atom. The molecule has 1 heterocycles. The first-order chi connectivity index (χ1) is 19.2. The second-order valence-electron chi connectivity index (χ2n) is 10.7. The van der Waals surface area contributed by atoms with E-state index >= 15 is 0 Å². The first-order valence-corrected chi connectivity index (χ1v) is 14.5. The number of alkyl halides is 3. The van der Waals surface area contributed by atoms with Crippen molar-refractivity contribution in [2.24, 2.45) is 0 Å². The summed E-state index contributed by atoms with van der Waals surface area (Å²) in [5.74, 6) is -0.261. The number of hydrogen-bond donors (Lipinski definition) is 0. The van der Waals surface area contributed by atoms with E-state index in [0.29, 0.717) is 6.42 Å². The minimum Gasteiger partial charge on any atom is -0.485 e. The summed E-state index contributed by atoms with van der Waals surface area (Å²) >= 11 is 0. The van der Waals surface area contributed by atoms with Crippen LogP contribution in [-0.4, -0.2) is 43.2 Å². The maximum absolute atomic E-state index is 13.3. The molecule has 0 N–H and O–H groups in total. The quantitative estimate of drug-likeness (QED) is 0.198. The van der Waals surface area contributed by atoms with Crippen LogP contribution < -0.4 is 4.74 Å². The van der Waals surface area contributed by atoms with Crippen LogP contribution in [0.2, 0.25) is 0 Å². The third kappa shape index (κ3) is 7.13. The van der Waals surface area contributed by atoms with E-state index in [2.05, 4.69) is 4.18 Å². The normalized spacial score (nSPS) is 16.3. The molecule has 3 aromatic carbocycles. The largest absolute Gasteiger partial charge is 0.534 e. The van der Waals surface area contributed by atoms with Crippen LogP contribution in [0, 0.1) is 0 Å². The Bertz CT molecular complexity index is 1540. The molecule has 0 saturated heterocycles. The van der Waals surface area contributed by atoms with Gasteiger partial charge in [0.15, 0.2) is 5.76 Å². The Balaban J connectivity index is 1.56. The molecular formula is C30H32F3NO6S. The summed E-state index contributed by atoms with van der Waals surface area (Å²) < 4.78 is 78.7. The maximum atomic E-state index is 13.3. The molecule has 1 aliphatic rings. The van der Waals surface area contributed by atoms with Crippen LogP contribution in [0.4, 0.5) is 18.0 Å². The van der Waals surface area contributed by atoms with Crippen molar-refractivity contribution in [2.45, 2.75) is 63.8 Å². The Labute approximate surface area is 237 Å². The van der Waals surface area contributed by atoms with Gasteiger partial charge < -0.3 is 18.6 Å². The topological polar surface area (TPSA) is 82.1 Å². The van der Waals surface area contributed by atoms with E-state index in [1.807, 2.05) is 49.4 Å². The SMILES string of the molecule is C[C@H](c1cccc2ccccc12)N(CCC[C@H]1C=C(OS(=O)(=O)C(F)(F)F)c2ccccc2O1)C(=O)OC(C)(C)C. The van der Waals surface area contributed by atoms with E-state index in [0.717, 1.165) is 16.3 Å². The van der Waals surface area contributed by atoms with Crippen molar-refractivity contribution < 1.29 is 40.0 Å². The first kappa shape index (κ1) is 30.2. The van der Waals surface area contributed by atoms with E-state index in [1.165, 1.54) is 24.3 Å². The summed E-state index contributed by atoms with van der Waals surface area (Å²) in [6.07, 6.45) is 0.545. The fraction of sp³-hybridized carbons (Fsp3) is 0.367. The molecule has 4 rings (SSSR count). The van der Waals surface area contributed by atoms with Crippen LogP contribution in [0.15, 0.2) is 72.8 Å². The predicted octanol–water partition coefficient (Wildman–Crippen LogP) is 7.59. The smallest absolute Gasteiger partial charge is 0.485 e. The molecule has 0 radical (unpaired) electrons. The van der Waals surface area contributed by atoms with Gasteiger partial charge in [-0.15, -0.1) is 0 Å². The van der Waals surface area contributed by atoms with Gasteiger partial charge in [0, 0.05) is 12.6 Å². The summed E-state index contributed by atoms with van der Waals surface area (Å²) in [5.41, 5.74) is -5.29. The number of ether oxygens (including phenoxy) is 2. The van der Waals surface area contributed by atoms with Crippen LogP contribution in [0.3, 0.4) is 0 Å². The van der Waals surface area contributed by atoms with Gasteiger partial charge >= 0.3 is 21.7 Å². The molecule has 11 heteroatoms. The lowest BCUT2D eigenvalue weighted by Crippen LogP contribution is -2.39. The van der Waals surface area contributed by atoms with Gasteiger partial charge in [-0.2, -0.15) is 21.6 Å². The summed E-state index contributed by atoms with van der Waals surface area (Å²) in [6.45, 7) is 7.49. The molecule has 220 valence electrons. The summed E-state index contributed by atoms with van der Waals surface area (Å²) in [4.78, 5) is 14.9. The van der Waals surface area contributed by atoms with Gasteiger partial charge in [-0.05, 0) is 69.0 Å². The number of fused-ring (bicyclic) bond motifs is 2. The molecule has 1 amide bonds. The molecule has 0 unspecified atom stereocenters. The molecule has 3 aromatic rings. The maximum Gasteiger partial charge on any atom is 0.534 e. The second kappa shape index (κ2) is 11.6. The Kier molecular flexibility index (Phi) is 8.58. The van der Waals surface area contributed by atoms with Crippen LogP contribution in [-0.2, 0) is 19.0 Å². The van der Waals surface area contributed by atoms with Gasteiger partial charge in [-0.3, -0.25) is 0 Å². The number of benzene rings is 3. The zero-order valence-corrected chi connectivity index (χ0v) is 24.0. The number of carbonyl (C=O) groups is 1. The average molecular weight is 592 g/mol. The van der Waals surface area contributed by atoms with Crippen LogP contribution in [0.25, 0.3) is 16.5 Å². The fourth-order valence-electron chi connectivity index (χ4n) is 4.62. The van der Waals surface area contributed by atoms with Gasteiger partial charge in [-0.25, -0.2) is 4.79 Å².